The minimum Gasteiger partial charge on any atom is -0.699 e. The van der Waals surface area contributed by atoms with E-state index in [1.807, 2.05) is 0 Å². The summed E-state index contributed by atoms with van der Waals surface area (Å²) in [4.78, 5) is 0. The molecule has 0 aromatic heterocycles. The third-order valence-electron chi connectivity index (χ3n) is 3.58. The number of nitrogens with one attached hydrogen (secondary N) is 3. The van der Waals surface area contributed by atoms with Crippen LogP contribution >= 0.6 is 0 Å². The van der Waals surface area contributed by atoms with E-state index in [0.29, 0.717) is 5.56 Å². The molecule has 3 aromatic rings. The van der Waals surface area contributed by atoms with Gasteiger partial charge < -0.3 is 32.5 Å². The first-order valence-electron chi connectivity index (χ1n) is 7.99. The largest absolute Gasteiger partial charge is 0.699 e. The second-order valence-corrected chi connectivity index (χ2v) is 5.67. The van der Waals surface area contributed by atoms with E-state index in [-0.39, 0.29) is 67.2 Å². The number of phenols is 3. The van der Waals surface area contributed by atoms with Crippen molar-refractivity contribution in [2.45, 2.75) is 0 Å². The van der Waals surface area contributed by atoms with Gasteiger partial charge in [0.2, 0.25) is 0 Å². The van der Waals surface area contributed by atoms with Crippen LogP contribution in [0.15, 0.2) is 65.8 Å². The van der Waals surface area contributed by atoms with Gasteiger partial charge >= 0.3 is 0 Å². The van der Waals surface area contributed by atoms with Gasteiger partial charge in [0.25, 0.3) is 0 Å². The predicted octanol–water partition coefficient (Wildman–Crippen LogP) is 3.61. The standard InChI is InChI=1S/C13H14N5O.C6H6NO2.Y/c14-12-6-3-9(7-11(12)13(15)17-18-16)8-1-4-10(19)5-2-8;7-4-1-5(8)3-6(9)2-4;/h1-7,18H,16H2,(H4-,14,15,17,19);1-3,7-9H;/q2*-1;. The van der Waals surface area contributed by atoms with Gasteiger partial charge in [-0.1, -0.05) is 24.3 Å². The van der Waals surface area contributed by atoms with Gasteiger partial charge in [-0.2, -0.15) is 0 Å². The van der Waals surface area contributed by atoms with Crippen LogP contribution in [0.3, 0.4) is 0 Å². The molecule has 0 saturated heterocycles. The van der Waals surface area contributed by atoms with Gasteiger partial charge in [0, 0.05) is 44.3 Å². The summed E-state index contributed by atoms with van der Waals surface area (Å²) in [6.07, 6.45) is 0. The van der Waals surface area contributed by atoms with Crippen molar-refractivity contribution in [3.8, 4) is 28.4 Å². The zero-order valence-electron chi connectivity index (χ0n) is 15.3. The molecule has 0 heterocycles. The Morgan fingerprint density at radius 2 is 1.34 bits per heavy atom. The minimum absolute atomic E-state index is 0. The Labute approximate surface area is 192 Å². The second kappa shape index (κ2) is 11.1. The zero-order valence-corrected chi connectivity index (χ0v) is 18.1. The molecule has 10 N–H and O–H groups in total. The monoisotopic (exact) mass is 469 g/mol. The number of aromatic hydroxyl groups is 3. The van der Waals surface area contributed by atoms with Crippen molar-refractivity contribution < 1.29 is 48.0 Å². The second-order valence-electron chi connectivity index (χ2n) is 5.67. The number of hydrazine groups is 1. The van der Waals surface area contributed by atoms with Crippen LogP contribution in [-0.4, -0.2) is 21.2 Å². The van der Waals surface area contributed by atoms with Gasteiger partial charge in [-0.05, 0) is 41.5 Å². The number of rotatable bonds is 3. The first kappa shape index (κ1) is 24.0. The molecule has 0 amide bonds. The first-order valence-corrected chi connectivity index (χ1v) is 7.99. The van der Waals surface area contributed by atoms with Crippen LogP contribution in [-0.2, 0) is 32.7 Å². The Balaban J connectivity index is 0.000000355. The summed E-state index contributed by atoms with van der Waals surface area (Å²) in [5.41, 5.74) is 25.2. The zero-order chi connectivity index (χ0) is 20.7. The summed E-state index contributed by atoms with van der Waals surface area (Å²) < 4.78 is 0. The molecule has 0 atom stereocenters. The van der Waals surface area contributed by atoms with E-state index in [2.05, 4.69) is 10.6 Å². The molecule has 0 fully saturated rings. The van der Waals surface area contributed by atoms with Crippen molar-refractivity contribution in [3.63, 3.8) is 0 Å². The van der Waals surface area contributed by atoms with E-state index in [1.165, 1.54) is 18.2 Å². The number of hydrazone groups is 1. The van der Waals surface area contributed by atoms with Crippen molar-refractivity contribution >= 4 is 17.2 Å². The summed E-state index contributed by atoms with van der Waals surface area (Å²) >= 11 is 0. The SMILES string of the molecule is [NH-]c1cc(O)cc(O)c1.[NH-]c1ccc(-c2ccc(O)cc2)cc1/C(N)=N/NN.[Y]. The van der Waals surface area contributed by atoms with Gasteiger partial charge in [-0.25, -0.2) is 11.4 Å². The Morgan fingerprint density at radius 3 is 1.86 bits per heavy atom. The summed E-state index contributed by atoms with van der Waals surface area (Å²) in [5, 5.41) is 30.4. The van der Waals surface area contributed by atoms with E-state index in [4.69, 9.17) is 33.3 Å². The number of benzene rings is 3. The van der Waals surface area contributed by atoms with Crippen LogP contribution in [0.1, 0.15) is 5.56 Å². The van der Waals surface area contributed by atoms with E-state index < -0.39 is 0 Å². The molecule has 9 nitrogen and oxygen atoms in total. The van der Waals surface area contributed by atoms with Crippen LogP contribution in [0.4, 0.5) is 11.4 Å². The van der Waals surface area contributed by atoms with Crippen LogP contribution < -0.4 is 17.1 Å². The van der Waals surface area contributed by atoms with Crippen molar-refractivity contribution in [1.29, 1.82) is 0 Å². The molecule has 1 radical (unpaired) electrons. The van der Waals surface area contributed by atoms with Gasteiger partial charge in [-0.15, -0.1) is 16.5 Å². The fourth-order valence-electron chi connectivity index (χ4n) is 2.31. The van der Waals surface area contributed by atoms with Crippen molar-refractivity contribution in [1.82, 2.24) is 5.53 Å². The molecular formula is C19H20N6O3Y-2. The molecule has 3 aromatic carbocycles. The Hall–Kier alpha value is -3.01. The number of nitrogens with two attached hydrogens (primary N) is 2. The minimum atomic E-state index is -0.0833. The van der Waals surface area contributed by atoms with Crippen LogP contribution in [0, 0.1) is 0 Å². The molecule has 0 aliphatic rings. The van der Waals surface area contributed by atoms with Gasteiger partial charge in [-0.3, -0.25) is 0 Å². The third-order valence-corrected chi connectivity index (χ3v) is 3.58. The maximum atomic E-state index is 9.27. The van der Waals surface area contributed by atoms with Crippen LogP contribution in [0.25, 0.3) is 22.6 Å². The maximum absolute atomic E-state index is 9.27. The molecule has 10 heteroatoms. The average Bonchev–Trinajstić information content (AvgIpc) is 2.62. The first-order chi connectivity index (χ1) is 13.3. The predicted molar refractivity (Wildman–Crippen MR) is 109 cm³/mol. The summed E-state index contributed by atoms with van der Waals surface area (Å²) in [6.45, 7) is 0. The van der Waals surface area contributed by atoms with Crippen molar-refractivity contribution in [2.24, 2.45) is 16.7 Å². The number of amidine groups is 1. The maximum Gasteiger partial charge on any atom is 0.150 e. The number of hydrogen-bond donors (Lipinski definition) is 6. The molecule has 0 saturated carbocycles. The molecule has 0 unspecified atom stereocenters. The Bertz CT molecular complexity index is 930. The van der Waals surface area contributed by atoms with Crippen molar-refractivity contribution in [3.05, 3.63) is 77.7 Å². The normalized spacial score (nSPS) is 10.3. The van der Waals surface area contributed by atoms with Gasteiger partial charge in [0.15, 0.2) is 5.84 Å². The fraction of sp³-hybridized carbons (Fsp3) is 0. The quantitative estimate of drug-likeness (QED) is 0.147. The molecule has 0 bridgehead atoms. The molecule has 3 rings (SSSR count). The fourth-order valence-corrected chi connectivity index (χ4v) is 2.31. The average molecular weight is 469 g/mol. The van der Waals surface area contributed by atoms with Gasteiger partial charge in [0.1, 0.15) is 17.2 Å². The molecule has 0 aliphatic heterocycles. The topological polar surface area (TPSA) is 185 Å². The van der Waals surface area contributed by atoms with Gasteiger partial charge in [0.05, 0.1) is 0 Å². The molecular weight excluding hydrogens is 449 g/mol. The number of hydrogen-bond acceptors (Lipinski definition) is 6. The van der Waals surface area contributed by atoms with E-state index >= 15 is 0 Å². The van der Waals surface area contributed by atoms with E-state index in [9.17, 15) is 5.11 Å². The number of nitrogens with zero attached hydrogens (tertiary/aromatic N) is 1. The molecule has 149 valence electrons. The van der Waals surface area contributed by atoms with E-state index in [1.54, 1.807) is 42.5 Å². The molecule has 0 spiro atoms. The summed E-state index contributed by atoms with van der Waals surface area (Å²) in [5.74, 6) is 5.26. The smallest absolute Gasteiger partial charge is 0.150 e. The Kier molecular flexibility index (Phi) is 9.20. The summed E-state index contributed by atoms with van der Waals surface area (Å²) in [6, 6.07) is 15.6. The molecule has 0 aliphatic carbocycles. The Morgan fingerprint density at radius 1 is 0.793 bits per heavy atom. The van der Waals surface area contributed by atoms with Crippen LogP contribution in [0.2, 0.25) is 0 Å². The summed E-state index contributed by atoms with van der Waals surface area (Å²) in [7, 11) is 0. The number of phenolic OH excluding ortho intramolecular Hbond substituents is 3. The van der Waals surface area contributed by atoms with Crippen LogP contribution in [0.5, 0.6) is 17.2 Å². The van der Waals surface area contributed by atoms with Crippen molar-refractivity contribution in [2.75, 3.05) is 0 Å². The third kappa shape index (κ3) is 7.15. The molecule has 29 heavy (non-hydrogen) atoms. The van der Waals surface area contributed by atoms with E-state index in [0.717, 1.165) is 11.1 Å².